The van der Waals surface area contributed by atoms with Crippen LogP contribution in [0.1, 0.15) is 12.8 Å². The second kappa shape index (κ2) is 2.86. The van der Waals surface area contributed by atoms with Gasteiger partial charge in [0.1, 0.15) is 0 Å². The Labute approximate surface area is 61.5 Å². The van der Waals surface area contributed by atoms with Gasteiger partial charge in [0, 0.05) is 12.6 Å². The maximum atomic E-state index is 11.0. The van der Waals surface area contributed by atoms with E-state index < -0.39 is 0 Å². The lowest BCUT2D eigenvalue weighted by atomic mass is 10.2. The SMILES string of the molecule is [CH2][C@@H]1CCCN1C(=O)C=C. The minimum atomic E-state index is 0.0116. The summed E-state index contributed by atoms with van der Waals surface area (Å²) in [6, 6.07) is 0.172. The average molecular weight is 138 g/mol. The van der Waals surface area contributed by atoms with Gasteiger partial charge in [0.15, 0.2) is 0 Å². The third-order valence-corrected chi connectivity index (χ3v) is 1.83. The molecule has 1 fully saturated rings. The zero-order valence-electron chi connectivity index (χ0n) is 6.05. The van der Waals surface area contributed by atoms with Crippen LogP contribution in [-0.4, -0.2) is 23.4 Å². The van der Waals surface area contributed by atoms with Gasteiger partial charge in [-0.25, -0.2) is 0 Å². The largest absolute Gasteiger partial charge is 0.336 e. The molecule has 0 spiro atoms. The Balaban J connectivity index is 2.54. The highest BCUT2D eigenvalue weighted by atomic mass is 16.2. The Morgan fingerprint density at radius 3 is 2.80 bits per heavy atom. The number of hydrogen-bond donors (Lipinski definition) is 0. The van der Waals surface area contributed by atoms with E-state index in [0.29, 0.717) is 0 Å². The Bertz CT molecular complexity index is 153. The first kappa shape index (κ1) is 7.32. The molecular formula is C8H12NO. The van der Waals surface area contributed by atoms with Crippen LogP contribution in [0.15, 0.2) is 12.7 Å². The van der Waals surface area contributed by atoms with Crippen molar-refractivity contribution < 1.29 is 4.79 Å². The summed E-state index contributed by atoms with van der Waals surface area (Å²) in [6.07, 6.45) is 3.46. The van der Waals surface area contributed by atoms with E-state index in [1.165, 1.54) is 6.08 Å². The van der Waals surface area contributed by atoms with Crippen molar-refractivity contribution in [2.75, 3.05) is 6.54 Å². The highest BCUT2D eigenvalue weighted by Crippen LogP contribution is 2.15. The number of amides is 1. The second-order valence-corrected chi connectivity index (χ2v) is 2.53. The monoisotopic (exact) mass is 138 g/mol. The van der Waals surface area contributed by atoms with E-state index in [4.69, 9.17) is 0 Å². The quantitative estimate of drug-likeness (QED) is 0.495. The molecule has 2 nitrogen and oxygen atoms in total. The van der Waals surface area contributed by atoms with Gasteiger partial charge in [0.25, 0.3) is 0 Å². The van der Waals surface area contributed by atoms with Crippen LogP contribution < -0.4 is 0 Å². The van der Waals surface area contributed by atoms with Crippen LogP contribution in [0.4, 0.5) is 0 Å². The number of carbonyl (C=O) groups is 1. The Morgan fingerprint density at radius 1 is 1.70 bits per heavy atom. The molecule has 55 valence electrons. The molecule has 0 aromatic carbocycles. The molecule has 1 amide bonds. The summed E-state index contributed by atoms with van der Waals surface area (Å²) in [5.74, 6) is 0.0116. The molecule has 1 aliphatic heterocycles. The fraction of sp³-hybridized carbons (Fsp3) is 0.500. The number of hydrogen-bond acceptors (Lipinski definition) is 1. The molecular weight excluding hydrogens is 126 g/mol. The fourth-order valence-corrected chi connectivity index (χ4v) is 1.24. The number of carbonyl (C=O) groups excluding carboxylic acids is 1. The zero-order chi connectivity index (χ0) is 7.56. The van der Waals surface area contributed by atoms with E-state index >= 15 is 0 Å². The highest BCUT2D eigenvalue weighted by Gasteiger charge is 2.22. The smallest absolute Gasteiger partial charge is 0.246 e. The van der Waals surface area contributed by atoms with Gasteiger partial charge >= 0.3 is 0 Å². The minimum Gasteiger partial charge on any atom is -0.336 e. The van der Waals surface area contributed by atoms with E-state index in [9.17, 15) is 4.79 Å². The van der Waals surface area contributed by atoms with Crippen molar-refractivity contribution in [2.45, 2.75) is 18.9 Å². The first-order valence-electron chi connectivity index (χ1n) is 3.52. The van der Waals surface area contributed by atoms with E-state index in [-0.39, 0.29) is 11.9 Å². The van der Waals surface area contributed by atoms with Crippen molar-refractivity contribution >= 4 is 5.91 Å². The standard InChI is InChI=1S/C8H12NO/c1-3-8(10)9-6-4-5-7(9)2/h3,7H,1-2,4-6H2/t7-/m1/s1. The molecule has 1 rings (SSSR count). The van der Waals surface area contributed by atoms with Crippen molar-refractivity contribution in [1.82, 2.24) is 4.90 Å². The lowest BCUT2D eigenvalue weighted by Gasteiger charge is -2.18. The molecule has 0 N–H and O–H groups in total. The lowest BCUT2D eigenvalue weighted by Crippen LogP contribution is -2.32. The molecule has 0 saturated carbocycles. The first-order valence-corrected chi connectivity index (χ1v) is 3.52. The van der Waals surface area contributed by atoms with Gasteiger partial charge in [0.2, 0.25) is 5.91 Å². The van der Waals surface area contributed by atoms with Crippen molar-refractivity contribution in [3.8, 4) is 0 Å². The van der Waals surface area contributed by atoms with Crippen LogP contribution in [0, 0.1) is 6.92 Å². The van der Waals surface area contributed by atoms with Gasteiger partial charge in [-0.1, -0.05) is 6.58 Å². The molecule has 1 saturated heterocycles. The van der Waals surface area contributed by atoms with Crippen LogP contribution in [0.3, 0.4) is 0 Å². The summed E-state index contributed by atoms with van der Waals surface area (Å²) in [4.78, 5) is 12.7. The van der Waals surface area contributed by atoms with E-state index in [1.807, 2.05) is 0 Å². The summed E-state index contributed by atoms with van der Waals surface area (Å²) >= 11 is 0. The summed E-state index contributed by atoms with van der Waals surface area (Å²) in [5.41, 5.74) is 0. The number of likely N-dealkylation sites (tertiary alicyclic amines) is 1. The molecule has 10 heavy (non-hydrogen) atoms. The summed E-state index contributed by atoms with van der Waals surface area (Å²) < 4.78 is 0. The van der Waals surface area contributed by atoms with Crippen LogP contribution in [0.25, 0.3) is 0 Å². The molecule has 0 aliphatic carbocycles. The van der Waals surface area contributed by atoms with Gasteiger partial charge in [-0.2, -0.15) is 0 Å². The Morgan fingerprint density at radius 2 is 2.40 bits per heavy atom. The molecule has 0 unspecified atom stereocenters. The summed E-state index contributed by atoms with van der Waals surface area (Å²) in [5, 5.41) is 0. The first-order chi connectivity index (χ1) is 4.75. The second-order valence-electron chi connectivity index (χ2n) is 2.53. The normalized spacial score (nSPS) is 24.9. The minimum absolute atomic E-state index is 0.0116. The van der Waals surface area contributed by atoms with Gasteiger partial charge in [0.05, 0.1) is 0 Å². The van der Waals surface area contributed by atoms with Crippen LogP contribution >= 0.6 is 0 Å². The van der Waals surface area contributed by atoms with Gasteiger partial charge < -0.3 is 4.90 Å². The van der Waals surface area contributed by atoms with E-state index in [1.54, 1.807) is 4.90 Å². The topological polar surface area (TPSA) is 20.3 Å². The molecule has 1 heterocycles. The average Bonchev–Trinajstić information content (AvgIpc) is 2.34. The molecule has 0 aromatic rings. The third kappa shape index (κ3) is 1.20. The lowest BCUT2D eigenvalue weighted by molar-refractivity contribution is -0.126. The summed E-state index contributed by atoms with van der Waals surface area (Å²) in [7, 11) is 0. The molecule has 1 atom stereocenters. The van der Waals surface area contributed by atoms with Gasteiger partial charge in [-0.15, -0.1) is 0 Å². The van der Waals surface area contributed by atoms with Crippen molar-refractivity contribution in [3.63, 3.8) is 0 Å². The highest BCUT2D eigenvalue weighted by molar-refractivity contribution is 5.87. The molecule has 1 radical (unpaired) electrons. The van der Waals surface area contributed by atoms with Crippen LogP contribution in [-0.2, 0) is 4.79 Å². The molecule has 1 aliphatic rings. The fourth-order valence-electron chi connectivity index (χ4n) is 1.24. The summed E-state index contributed by atoms with van der Waals surface area (Å²) in [6.45, 7) is 8.11. The van der Waals surface area contributed by atoms with Crippen molar-refractivity contribution in [2.24, 2.45) is 0 Å². The number of rotatable bonds is 1. The Hall–Kier alpha value is -0.790. The molecule has 0 aromatic heterocycles. The van der Waals surface area contributed by atoms with Crippen molar-refractivity contribution in [3.05, 3.63) is 19.6 Å². The molecule has 2 heteroatoms. The molecule has 0 bridgehead atoms. The van der Waals surface area contributed by atoms with Crippen molar-refractivity contribution in [1.29, 1.82) is 0 Å². The van der Waals surface area contributed by atoms with Gasteiger partial charge in [-0.05, 0) is 25.8 Å². The maximum absolute atomic E-state index is 11.0. The van der Waals surface area contributed by atoms with Gasteiger partial charge in [-0.3, -0.25) is 4.79 Å². The zero-order valence-corrected chi connectivity index (χ0v) is 6.05. The predicted molar refractivity (Wildman–Crippen MR) is 40.3 cm³/mol. The third-order valence-electron chi connectivity index (χ3n) is 1.83. The van der Waals surface area contributed by atoms with Crippen LogP contribution in [0.2, 0.25) is 0 Å². The Kier molecular flexibility index (Phi) is 2.10. The van der Waals surface area contributed by atoms with E-state index in [0.717, 1.165) is 19.4 Å². The van der Waals surface area contributed by atoms with Crippen LogP contribution in [0.5, 0.6) is 0 Å². The predicted octanol–water partition coefficient (Wildman–Crippen LogP) is 0.997. The maximum Gasteiger partial charge on any atom is 0.246 e. The van der Waals surface area contributed by atoms with E-state index in [2.05, 4.69) is 13.5 Å². The number of nitrogens with zero attached hydrogens (tertiary/aromatic N) is 1.